The van der Waals surface area contributed by atoms with Gasteiger partial charge >= 0.3 is 0 Å². The number of hydrogen-bond acceptors (Lipinski definition) is 4. The lowest BCUT2D eigenvalue weighted by Crippen LogP contribution is -2.31. The quantitative estimate of drug-likeness (QED) is 0.702. The summed E-state index contributed by atoms with van der Waals surface area (Å²) >= 11 is 0. The third-order valence-electron chi connectivity index (χ3n) is 5.30. The minimum Gasteiger partial charge on any atom is -0.403 e. The predicted octanol–water partition coefficient (Wildman–Crippen LogP) is 3.52. The Morgan fingerprint density at radius 1 is 1.24 bits per heavy atom. The van der Waals surface area contributed by atoms with E-state index in [2.05, 4.69) is 10.6 Å². The lowest BCUT2D eigenvalue weighted by molar-refractivity contribution is -0.124. The number of nitrogens with two attached hydrogens (primary N) is 1. The van der Waals surface area contributed by atoms with Crippen molar-refractivity contribution in [3.05, 3.63) is 65.6 Å². The van der Waals surface area contributed by atoms with Gasteiger partial charge in [0.1, 0.15) is 11.9 Å². The highest BCUT2D eigenvalue weighted by Crippen LogP contribution is 2.28. The van der Waals surface area contributed by atoms with Gasteiger partial charge in [0.2, 0.25) is 5.91 Å². The van der Waals surface area contributed by atoms with Gasteiger partial charge < -0.3 is 16.4 Å². The largest absolute Gasteiger partial charge is 0.403 e. The standard InChI is InChI=1S/C23H25FN4O/c1-2-27-23(29)18-9-10-20(11-18)28-22(14-26)16-5-3-15(4-6-16)17-7-8-19(13-25)21(24)12-17/h3-8,12,14,18,20,28H,2,9-11,26H2,1H3,(H,27,29)/b22-14-. The van der Waals surface area contributed by atoms with Gasteiger partial charge in [-0.1, -0.05) is 30.3 Å². The van der Waals surface area contributed by atoms with Crippen molar-refractivity contribution in [2.45, 2.75) is 32.2 Å². The molecule has 2 aromatic carbocycles. The Labute approximate surface area is 170 Å². The normalized spacial score (nSPS) is 18.9. The lowest BCUT2D eigenvalue weighted by Gasteiger charge is -2.18. The molecule has 0 spiro atoms. The monoisotopic (exact) mass is 392 g/mol. The predicted molar refractivity (Wildman–Crippen MR) is 112 cm³/mol. The van der Waals surface area contributed by atoms with Crippen molar-refractivity contribution in [2.75, 3.05) is 6.54 Å². The zero-order valence-electron chi connectivity index (χ0n) is 16.4. The number of nitrogens with zero attached hydrogens (tertiary/aromatic N) is 1. The molecular weight excluding hydrogens is 367 g/mol. The summed E-state index contributed by atoms with van der Waals surface area (Å²) in [6, 6.07) is 14.2. The minimum atomic E-state index is -0.527. The zero-order chi connectivity index (χ0) is 20.8. The average molecular weight is 392 g/mol. The maximum atomic E-state index is 13.9. The fourth-order valence-corrected chi connectivity index (χ4v) is 3.74. The van der Waals surface area contributed by atoms with Gasteiger partial charge in [0.25, 0.3) is 0 Å². The molecule has 1 fully saturated rings. The van der Waals surface area contributed by atoms with Crippen LogP contribution >= 0.6 is 0 Å². The molecule has 5 nitrogen and oxygen atoms in total. The fourth-order valence-electron chi connectivity index (χ4n) is 3.74. The van der Waals surface area contributed by atoms with E-state index in [1.54, 1.807) is 6.07 Å². The van der Waals surface area contributed by atoms with Gasteiger partial charge in [-0.2, -0.15) is 5.26 Å². The van der Waals surface area contributed by atoms with Crippen molar-refractivity contribution in [2.24, 2.45) is 11.7 Å². The van der Waals surface area contributed by atoms with E-state index >= 15 is 0 Å². The number of rotatable bonds is 6. The highest BCUT2D eigenvalue weighted by Gasteiger charge is 2.29. The first-order valence-electron chi connectivity index (χ1n) is 9.82. The van der Waals surface area contributed by atoms with E-state index in [9.17, 15) is 9.18 Å². The molecule has 1 aliphatic carbocycles. The van der Waals surface area contributed by atoms with Crippen LogP contribution in [0.25, 0.3) is 16.8 Å². The Balaban J connectivity index is 1.68. The Bertz CT molecular complexity index is 946. The molecule has 0 heterocycles. The molecule has 29 heavy (non-hydrogen) atoms. The Morgan fingerprint density at radius 2 is 1.97 bits per heavy atom. The Hall–Kier alpha value is -3.33. The second kappa shape index (κ2) is 9.24. The molecule has 0 saturated heterocycles. The average Bonchev–Trinajstić information content (AvgIpc) is 3.21. The van der Waals surface area contributed by atoms with Crippen molar-refractivity contribution in [3.8, 4) is 17.2 Å². The molecule has 150 valence electrons. The third kappa shape index (κ3) is 4.75. The van der Waals surface area contributed by atoms with Crippen LogP contribution in [0, 0.1) is 23.1 Å². The van der Waals surface area contributed by atoms with E-state index in [0.29, 0.717) is 12.1 Å². The SMILES string of the molecule is CCNC(=O)C1CCC(N/C(=C\N)c2ccc(-c3ccc(C#N)c(F)c3)cc2)C1. The van der Waals surface area contributed by atoms with Crippen LogP contribution in [-0.2, 0) is 4.79 Å². The van der Waals surface area contributed by atoms with E-state index in [-0.39, 0.29) is 23.4 Å². The number of hydrogen-bond donors (Lipinski definition) is 3. The number of carbonyl (C=O) groups is 1. The topological polar surface area (TPSA) is 90.9 Å². The van der Waals surface area contributed by atoms with Crippen LogP contribution in [-0.4, -0.2) is 18.5 Å². The molecule has 3 rings (SSSR count). The molecule has 0 radical (unpaired) electrons. The molecule has 2 aromatic rings. The second-order valence-electron chi connectivity index (χ2n) is 7.21. The minimum absolute atomic E-state index is 0.0328. The van der Waals surface area contributed by atoms with Crippen LogP contribution in [0.4, 0.5) is 4.39 Å². The molecule has 4 N–H and O–H groups in total. The summed E-state index contributed by atoms with van der Waals surface area (Å²) in [5.74, 6) is -0.365. The number of nitriles is 1. The number of benzene rings is 2. The maximum absolute atomic E-state index is 13.9. The van der Waals surface area contributed by atoms with Gasteiger partial charge in [0.15, 0.2) is 0 Å². The summed E-state index contributed by atoms with van der Waals surface area (Å²) < 4.78 is 13.9. The summed E-state index contributed by atoms with van der Waals surface area (Å²) in [6.07, 6.45) is 4.11. The first kappa shape index (κ1) is 20.4. The molecule has 1 aliphatic rings. The molecule has 2 unspecified atom stereocenters. The molecule has 1 saturated carbocycles. The van der Waals surface area contributed by atoms with E-state index in [1.807, 2.05) is 37.3 Å². The number of amides is 1. The highest BCUT2D eigenvalue weighted by molar-refractivity contribution is 5.79. The molecule has 1 amide bonds. The first-order chi connectivity index (χ1) is 14.0. The summed E-state index contributed by atoms with van der Waals surface area (Å²) in [4.78, 5) is 12.0. The lowest BCUT2D eigenvalue weighted by atomic mass is 10.0. The third-order valence-corrected chi connectivity index (χ3v) is 5.30. The Kier molecular flexibility index (Phi) is 6.50. The van der Waals surface area contributed by atoms with Crippen LogP contribution in [0.2, 0.25) is 0 Å². The van der Waals surface area contributed by atoms with Crippen molar-refractivity contribution < 1.29 is 9.18 Å². The number of nitrogens with one attached hydrogen (secondary N) is 2. The fraction of sp³-hybridized carbons (Fsp3) is 0.304. The maximum Gasteiger partial charge on any atom is 0.223 e. The van der Waals surface area contributed by atoms with Crippen LogP contribution in [0.15, 0.2) is 48.7 Å². The molecule has 0 bridgehead atoms. The van der Waals surface area contributed by atoms with Crippen LogP contribution in [0.1, 0.15) is 37.3 Å². The van der Waals surface area contributed by atoms with Crippen molar-refractivity contribution >= 4 is 11.6 Å². The van der Waals surface area contributed by atoms with Crippen LogP contribution in [0.5, 0.6) is 0 Å². The molecule has 6 heteroatoms. The molecule has 2 atom stereocenters. The van der Waals surface area contributed by atoms with Gasteiger partial charge in [-0.15, -0.1) is 0 Å². The van der Waals surface area contributed by atoms with Gasteiger partial charge in [-0.05, 0) is 55.0 Å². The summed E-state index contributed by atoms with van der Waals surface area (Å²) in [5.41, 5.74) is 9.17. The Morgan fingerprint density at radius 3 is 2.59 bits per heavy atom. The first-order valence-corrected chi connectivity index (χ1v) is 9.82. The van der Waals surface area contributed by atoms with E-state index < -0.39 is 5.82 Å². The van der Waals surface area contributed by atoms with Crippen molar-refractivity contribution in [3.63, 3.8) is 0 Å². The summed E-state index contributed by atoms with van der Waals surface area (Å²) in [7, 11) is 0. The summed E-state index contributed by atoms with van der Waals surface area (Å²) in [5, 5.41) is 15.2. The summed E-state index contributed by atoms with van der Waals surface area (Å²) in [6.45, 7) is 2.57. The smallest absolute Gasteiger partial charge is 0.223 e. The van der Waals surface area contributed by atoms with Gasteiger partial charge in [-0.25, -0.2) is 4.39 Å². The second-order valence-corrected chi connectivity index (χ2v) is 7.21. The number of carbonyl (C=O) groups excluding carboxylic acids is 1. The van der Waals surface area contributed by atoms with Crippen molar-refractivity contribution in [1.82, 2.24) is 10.6 Å². The van der Waals surface area contributed by atoms with Gasteiger partial charge in [0.05, 0.1) is 11.3 Å². The molecule has 0 aromatic heterocycles. The van der Waals surface area contributed by atoms with Gasteiger partial charge in [0, 0.05) is 24.7 Å². The van der Waals surface area contributed by atoms with E-state index in [0.717, 1.165) is 36.1 Å². The van der Waals surface area contributed by atoms with E-state index in [4.69, 9.17) is 11.0 Å². The molecule has 0 aliphatic heterocycles. The van der Waals surface area contributed by atoms with Crippen LogP contribution < -0.4 is 16.4 Å². The van der Waals surface area contributed by atoms with E-state index in [1.165, 1.54) is 18.3 Å². The van der Waals surface area contributed by atoms with Gasteiger partial charge in [-0.3, -0.25) is 4.79 Å². The van der Waals surface area contributed by atoms with Crippen molar-refractivity contribution in [1.29, 1.82) is 5.26 Å². The zero-order valence-corrected chi connectivity index (χ0v) is 16.4. The number of halogens is 1. The van der Waals surface area contributed by atoms with Crippen LogP contribution in [0.3, 0.4) is 0 Å². The molecular formula is C23H25FN4O. The highest BCUT2D eigenvalue weighted by atomic mass is 19.1.